The molecule has 0 aliphatic rings. The molecule has 1 heterocycles. The van der Waals surface area contributed by atoms with E-state index in [4.69, 9.17) is 16.3 Å². The molecule has 0 aliphatic carbocycles. The number of hydrogen-bond donors (Lipinski definition) is 2. The van der Waals surface area contributed by atoms with Gasteiger partial charge in [-0.1, -0.05) is 29.8 Å². The van der Waals surface area contributed by atoms with E-state index in [0.717, 1.165) is 16.9 Å². The van der Waals surface area contributed by atoms with Crippen molar-refractivity contribution >= 4 is 11.6 Å². The molecule has 5 heteroatoms. The Morgan fingerprint density at radius 1 is 1.22 bits per heavy atom. The molecule has 0 saturated carbocycles. The lowest BCUT2D eigenvalue weighted by Gasteiger charge is -2.19. The fourth-order valence-electron chi connectivity index (χ4n) is 2.30. The first-order chi connectivity index (χ1) is 11.0. The number of rotatable bonds is 7. The van der Waals surface area contributed by atoms with E-state index in [0.29, 0.717) is 11.7 Å². The summed E-state index contributed by atoms with van der Waals surface area (Å²) in [4.78, 5) is 4.07. The van der Waals surface area contributed by atoms with Gasteiger partial charge in [0.2, 0.25) is 0 Å². The quantitative estimate of drug-likeness (QED) is 0.754. The number of hydrogen-bond acceptors (Lipinski definition) is 4. The molecule has 0 radical (unpaired) electrons. The van der Waals surface area contributed by atoms with Crippen LogP contribution in [-0.4, -0.2) is 22.7 Å². The predicted octanol–water partition coefficient (Wildman–Crippen LogP) is 3.91. The Bertz CT molecular complexity index is 634. The average Bonchev–Trinajstić information content (AvgIpc) is 2.52. The number of aliphatic hydroxyl groups is 1. The van der Waals surface area contributed by atoms with Crippen molar-refractivity contribution in [3.05, 3.63) is 58.9 Å². The molecule has 0 fully saturated rings. The van der Waals surface area contributed by atoms with E-state index in [9.17, 15) is 5.11 Å². The topological polar surface area (TPSA) is 54.4 Å². The van der Waals surface area contributed by atoms with Gasteiger partial charge < -0.3 is 15.2 Å². The third-order valence-electron chi connectivity index (χ3n) is 3.49. The van der Waals surface area contributed by atoms with Crippen LogP contribution in [0.2, 0.25) is 5.15 Å². The lowest BCUT2D eigenvalue weighted by molar-refractivity contribution is 0.169. The number of nitrogens with one attached hydrogen (secondary N) is 1. The summed E-state index contributed by atoms with van der Waals surface area (Å²) in [7, 11) is 0. The van der Waals surface area contributed by atoms with Crippen LogP contribution < -0.4 is 10.1 Å². The van der Waals surface area contributed by atoms with E-state index >= 15 is 0 Å². The van der Waals surface area contributed by atoms with Crippen molar-refractivity contribution in [2.75, 3.05) is 6.54 Å². The first-order valence-electron chi connectivity index (χ1n) is 7.76. The second-order valence-electron chi connectivity index (χ2n) is 5.77. The van der Waals surface area contributed by atoms with Crippen molar-refractivity contribution < 1.29 is 9.84 Å². The van der Waals surface area contributed by atoms with E-state index < -0.39 is 6.10 Å². The molecule has 2 unspecified atom stereocenters. The summed E-state index contributed by atoms with van der Waals surface area (Å²) in [5.74, 6) is 0.764. The van der Waals surface area contributed by atoms with Gasteiger partial charge in [-0.25, -0.2) is 4.98 Å². The van der Waals surface area contributed by atoms with Crippen LogP contribution in [-0.2, 0) is 0 Å². The maximum absolute atomic E-state index is 10.4. The number of halogens is 1. The van der Waals surface area contributed by atoms with Crippen molar-refractivity contribution in [2.45, 2.75) is 39.0 Å². The van der Waals surface area contributed by atoms with Gasteiger partial charge in [-0.05, 0) is 44.5 Å². The first-order valence-corrected chi connectivity index (χ1v) is 8.13. The molecule has 0 spiro atoms. The second-order valence-corrected chi connectivity index (χ2v) is 6.13. The highest BCUT2D eigenvalue weighted by Crippen LogP contribution is 2.23. The summed E-state index contributed by atoms with van der Waals surface area (Å²) >= 11 is 6.09. The minimum Gasteiger partial charge on any atom is -0.491 e. The van der Waals surface area contributed by atoms with Crippen LogP contribution in [0, 0.1) is 0 Å². The van der Waals surface area contributed by atoms with Crippen molar-refractivity contribution in [1.29, 1.82) is 0 Å². The van der Waals surface area contributed by atoms with Gasteiger partial charge in [0.1, 0.15) is 10.9 Å². The van der Waals surface area contributed by atoms with Gasteiger partial charge in [-0.2, -0.15) is 0 Å². The summed E-state index contributed by atoms with van der Waals surface area (Å²) in [6.45, 7) is 6.36. The largest absolute Gasteiger partial charge is 0.491 e. The van der Waals surface area contributed by atoms with Crippen LogP contribution in [0.3, 0.4) is 0 Å². The highest BCUT2D eigenvalue weighted by Gasteiger charge is 2.13. The SMILES string of the molecule is CC(C)Oc1cccc(C(O)CNC(C)c2cccnc2Cl)c1. The van der Waals surface area contributed by atoms with Crippen LogP contribution in [0.1, 0.15) is 44.0 Å². The van der Waals surface area contributed by atoms with Gasteiger partial charge in [0, 0.05) is 24.3 Å². The third-order valence-corrected chi connectivity index (χ3v) is 3.80. The molecule has 0 aliphatic heterocycles. The van der Waals surface area contributed by atoms with Crippen LogP contribution >= 0.6 is 11.6 Å². The molecule has 0 amide bonds. The van der Waals surface area contributed by atoms with Gasteiger partial charge in [0.15, 0.2) is 0 Å². The maximum atomic E-state index is 10.4. The van der Waals surface area contributed by atoms with E-state index in [1.54, 1.807) is 6.20 Å². The monoisotopic (exact) mass is 334 g/mol. The van der Waals surface area contributed by atoms with Gasteiger partial charge in [0.05, 0.1) is 12.2 Å². The molecule has 23 heavy (non-hydrogen) atoms. The molecule has 2 atom stereocenters. The zero-order valence-electron chi connectivity index (χ0n) is 13.7. The normalized spacial score (nSPS) is 13.8. The zero-order valence-corrected chi connectivity index (χ0v) is 14.4. The molecule has 0 bridgehead atoms. The van der Waals surface area contributed by atoms with Crippen molar-refractivity contribution in [1.82, 2.24) is 10.3 Å². The Balaban J connectivity index is 1.97. The van der Waals surface area contributed by atoms with E-state index in [2.05, 4.69) is 10.3 Å². The first kappa shape index (κ1) is 17.7. The summed E-state index contributed by atoms with van der Waals surface area (Å²) in [6.07, 6.45) is 1.14. The summed E-state index contributed by atoms with van der Waals surface area (Å²) < 4.78 is 5.66. The van der Waals surface area contributed by atoms with Gasteiger partial charge in [0.25, 0.3) is 0 Å². The lowest BCUT2D eigenvalue weighted by atomic mass is 10.1. The lowest BCUT2D eigenvalue weighted by Crippen LogP contribution is -2.25. The molecule has 4 nitrogen and oxygen atoms in total. The van der Waals surface area contributed by atoms with Gasteiger partial charge in [-0.15, -0.1) is 0 Å². The van der Waals surface area contributed by atoms with Crippen LogP contribution in [0.4, 0.5) is 0 Å². The van der Waals surface area contributed by atoms with Crippen LogP contribution in [0.15, 0.2) is 42.6 Å². The van der Waals surface area contributed by atoms with Crippen LogP contribution in [0.25, 0.3) is 0 Å². The number of pyridine rings is 1. The zero-order chi connectivity index (χ0) is 16.8. The summed E-state index contributed by atoms with van der Waals surface area (Å²) in [5, 5.41) is 14.1. The fraction of sp³-hybridized carbons (Fsp3) is 0.389. The number of ether oxygens (including phenoxy) is 1. The Labute approximate surface area is 142 Å². The number of aromatic nitrogens is 1. The smallest absolute Gasteiger partial charge is 0.133 e. The van der Waals surface area contributed by atoms with Crippen molar-refractivity contribution in [2.24, 2.45) is 0 Å². The molecule has 0 saturated heterocycles. The molecular formula is C18H23ClN2O2. The fourth-order valence-corrected chi connectivity index (χ4v) is 2.59. The molecule has 1 aromatic carbocycles. The molecule has 2 rings (SSSR count). The molecule has 2 aromatic rings. The van der Waals surface area contributed by atoms with E-state index in [-0.39, 0.29) is 12.1 Å². The second kappa shape index (κ2) is 8.29. The Kier molecular flexibility index (Phi) is 6.39. The van der Waals surface area contributed by atoms with Crippen molar-refractivity contribution in [3.63, 3.8) is 0 Å². The molecular weight excluding hydrogens is 312 g/mol. The Morgan fingerprint density at radius 3 is 2.70 bits per heavy atom. The minimum absolute atomic E-state index is 0.000877. The van der Waals surface area contributed by atoms with E-state index in [1.165, 1.54) is 0 Å². The number of nitrogens with zero attached hydrogens (tertiary/aromatic N) is 1. The standard InChI is InChI=1S/C18H23ClN2O2/c1-12(2)23-15-7-4-6-14(10-15)17(22)11-21-13(3)16-8-5-9-20-18(16)19/h4-10,12-13,17,21-22H,11H2,1-3H3. The highest BCUT2D eigenvalue weighted by molar-refractivity contribution is 6.30. The van der Waals surface area contributed by atoms with Crippen molar-refractivity contribution in [3.8, 4) is 5.75 Å². The maximum Gasteiger partial charge on any atom is 0.133 e. The number of aliphatic hydroxyl groups excluding tert-OH is 1. The summed E-state index contributed by atoms with van der Waals surface area (Å²) in [5.41, 5.74) is 1.73. The third kappa shape index (κ3) is 5.20. The Hall–Kier alpha value is -1.62. The Morgan fingerprint density at radius 2 is 2.00 bits per heavy atom. The number of benzene rings is 1. The average molecular weight is 335 g/mol. The highest BCUT2D eigenvalue weighted by atomic mass is 35.5. The molecule has 1 aromatic heterocycles. The minimum atomic E-state index is -0.622. The van der Waals surface area contributed by atoms with E-state index in [1.807, 2.05) is 57.2 Å². The van der Waals surface area contributed by atoms with Gasteiger partial charge >= 0.3 is 0 Å². The molecule has 2 N–H and O–H groups in total. The van der Waals surface area contributed by atoms with Gasteiger partial charge in [-0.3, -0.25) is 0 Å². The predicted molar refractivity (Wildman–Crippen MR) is 92.8 cm³/mol. The molecule has 124 valence electrons. The van der Waals surface area contributed by atoms with Crippen LogP contribution in [0.5, 0.6) is 5.75 Å². The summed E-state index contributed by atoms with van der Waals surface area (Å²) in [6, 6.07) is 11.3.